The molecule has 0 N–H and O–H groups in total. The fraction of sp³-hybridized carbons (Fsp3) is 0. The number of para-hydroxylation sites is 3. The van der Waals surface area contributed by atoms with Crippen molar-refractivity contribution in [1.29, 1.82) is 0 Å². The molecule has 0 amide bonds. The zero-order valence-corrected chi connectivity index (χ0v) is 28.2. The third-order valence-electron chi connectivity index (χ3n) is 10.9. The van der Waals surface area contributed by atoms with Gasteiger partial charge in [-0.3, -0.25) is 4.40 Å². The summed E-state index contributed by atoms with van der Waals surface area (Å²) in [6.45, 7) is 0. The summed E-state index contributed by atoms with van der Waals surface area (Å²) in [5.74, 6) is 0. The van der Waals surface area contributed by atoms with Crippen LogP contribution in [0.3, 0.4) is 0 Å². The van der Waals surface area contributed by atoms with Gasteiger partial charge in [-0.1, -0.05) is 103 Å². The lowest BCUT2D eigenvalue weighted by Gasteiger charge is -2.13. The first-order chi connectivity index (χ1) is 25.3. The molecule has 4 heteroatoms. The van der Waals surface area contributed by atoms with Gasteiger partial charge in [0.25, 0.3) is 0 Å². The Labute approximate surface area is 295 Å². The second-order valence-corrected chi connectivity index (χ2v) is 14.6. The third kappa shape index (κ3) is 3.74. The topological polar surface area (TPSA) is 22.2 Å². The average Bonchev–Trinajstić information content (AvgIpc) is 3.87. The molecule has 0 fully saturated rings. The minimum Gasteiger partial charge on any atom is -0.309 e. The predicted octanol–water partition coefficient (Wildman–Crippen LogP) is 13.1. The lowest BCUT2D eigenvalue weighted by molar-refractivity contribution is 1.19. The molecule has 0 spiro atoms. The normalized spacial score (nSPS) is 12.3. The van der Waals surface area contributed by atoms with Crippen LogP contribution < -0.4 is 0 Å². The summed E-state index contributed by atoms with van der Waals surface area (Å²) in [4.78, 5) is 5.24. The molecule has 0 saturated carbocycles. The van der Waals surface area contributed by atoms with Crippen LogP contribution in [0.2, 0.25) is 0 Å². The van der Waals surface area contributed by atoms with Crippen LogP contribution in [-0.4, -0.2) is 14.0 Å². The van der Waals surface area contributed by atoms with Crippen molar-refractivity contribution in [3.63, 3.8) is 0 Å². The SMILES string of the molecule is c1ccc2c(c1)ccc1c3cc4c5ccccc5n5c6ccccc6nc5c4cc3n(-c3ccc(-c4ccc5sc6ccccc6c5c4)cc3)c21. The van der Waals surface area contributed by atoms with Gasteiger partial charge in [-0.2, -0.15) is 0 Å². The zero-order valence-electron chi connectivity index (χ0n) is 27.3. The fourth-order valence-corrected chi connectivity index (χ4v) is 9.64. The van der Waals surface area contributed by atoms with Crippen molar-refractivity contribution in [2.75, 3.05) is 0 Å². The summed E-state index contributed by atoms with van der Waals surface area (Å²) >= 11 is 1.86. The summed E-state index contributed by atoms with van der Waals surface area (Å²) in [5.41, 5.74) is 10.3. The zero-order chi connectivity index (χ0) is 33.2. The van der Waals surface area contributed by atoms with E-state index in [4.69, 9.17) is 4.98 Å². The maximum atomic E-state index is 5.24. The Morgan fingerprint density at radius 2 is 1.14 bits per heavy atom. The van der Waals surface area contributed by atoms with E-state index in [0.29, 0.717) is 0 Å². The molecule has 8 aromatic carbocycles. The van der Waals surface area contributed by atoms with E-state index in [1.165, 1.54) is 80.2 Å². The van der Waals surface area contributed by atoms with E-state index < -0.39 is 0 Å². The highest BCUT2D eigenvalue weighted by molar-refractivity contribution is 7.25. The van der Waals surface area contributed by atoms with E-state index in [9.17, 15) is 0 Å². The highest BCUT2D eigenvalue weighted by atomic mass is 32.1. The quantitative estimate of drug-likeness (QED) is 0.168. The maximum Gasteiger partial charge on any atom is 0.146 e. The van der Waals surface area contributed by atoms with Gasteiger partial charge in [-0.25, -0.2) is 4.98 Å². The Kier molecular flexibility index (Phi) is 5.38. The first kappa shape index (κ1) is 27.3. The van der Waals surface area contributed by atoms with Crippen molar-refractivity contribution < 1.29 is 0 Å². The lowest BCUT2D eigenvalue weighted by atomic mass is 10.0. The number of hydrogen-bond acceptors (Lipinski definition) is 2. The van der Waals surface area contributed by atoms with Gasteiger partial charge in [0.1, 0.15) is 5.65 Å². The van der Waals surface area contributed by atoms with Gasteiger partial charge in [0.15, 0.2) is 0 Å². The van der Waals surface area contributed by atoms with Gasteiger partial charge in [0, 0.05) is 52.8 Å². The second kappa shape index (κ2) is 10.0. The minimum absolute atomic E-state index is 0.986. The molecule has 51 heavy (non-hydrogen) atoms. The summed E-state index contributed by atoms with van der Waals surface area (Å²) < 4.78 is 7.47. The molecular formula is C47H27N3S. The molecule has 0 saturated heterocycles. The molecule has 4 aromatic heterocycles. The molecule has 12 rings (SSSR count). The second-order valence-electron chi connectivity index (χ2n) is 13.6. The highest BCUT2D eigenvalue weighted by Crippen LogP contribution is 2.42. The highest BCUT2D eigenvalue weighted by Gasteiger charge is 2.20. The number of rotatable bonds is 2. The van der Waals surface area contributed by atoms with Crippen molar-refractivity contribution in [3.05, 3.63) is 164 Å². The lowest BCUT2D eigenvalue weighted by Crippen LogP contribution is -1.96. The van der Waals surface area contributed by atoms with Gasteiger partial charge >= 0.3 is 0 Å². The van der Waals surface area contributed by atoms with Crippen LogP contribution in [0.25, 0.3) is 108 Å². The number of thiophene rings is 1. The minimum atomic E-state index is 0.986. The van der Waals surface area contributed by atoms with Crippen LogP contribution in [0.4, 0.5) is 0 Å². The number of benzene rings is 8. The van der Waals surface area contributed by atoms with Gasteiger partial charge in [0.2, 0.25) is 0 Å². The van der Waals surface area contributed by atoms with Crippen LogP contribution >= 0.6 is 11.3 Å². The van der Waals surface area contributed by atoms with Gasteiger partial charge in [0.05, 0.1) is 27.6 Å². The van der Waals surface area contributed by atoms with E-state index >= 15 is 0 Å². The Balaban J connectivity index is 1.16. The first-order valence-corrected chi connectivity index (χ1v) is 18.2. The molecule has 0 unspecified atom stereocenters. The molecular weight excluding hydrogens is 639 g/mol. The Bertz CT molecular complexity index is 3420. The molecule has 236 valence electrons. The van der Waals surface area contributed by atoms with Crippen LogP contribution in [0, 0.1) is 0 Å². The van der Waals surface area contributed by atoms with Crippen LogP contribution in [0.15, 0.2) is 164 Å². The van der Waals surface area contributed by atoms with E-state index in [1.807, 2.05) is 11.3 Å². The molecule has 3 nitrogen and oxygen atoms in total. The van der Waals surface area contributed by atoms with E-state index in [1.54, 1.807) is 0 Å². The van der Waals surface area contributed by atoms with Crippen molar-refractivity contribution in [2.45, 2.75) is 0 Å². The summed E-state index contributed by atoms with van der Waals surface area (Å²) in [7, 11) is 0. The van der Waals surface area contributed by atoms with E-state index in [-0.39, 0.29) is 0 Å². The molecule has 0 aliphatic rings. The molecule has 0 radical (unpaired) electrons. The number of fused-ring (bicyclic) bond motifs is 16. The maximum absolute atomic E-state index is 5.24. The number of aromatic nitrogens is 3. The standard InChI is InChI=1S/C47H27N3S/c1-2-10-32-29(9-1)19-23-35-37-26-36-33-11-3-6-14-41(33)50-42-15-7-5-13-40(42)48-47(50)39(36)27-43(37)49(46(32)35)31-21-17-28(18-22-31)30-20-24-45-38(25-30)34-12-4-8-16-44(34)51-45/h1-27H. The molecule has 0 atom stereocenters. The van der Waals surface area contributed by atoms with Crippen molar-refractivity contribution in [1.82, 2.24) is 14.0 Å². The molecule has 4 heterocycles. The van der Waals surface area contributed by atoms with E-state index in [0.717, 1.165) is 27.8 Å². The average molecular weight is 666 g/mol. The Hall–Kier alpha value is -6.49. The van der Waals surface area contributed by atoms with Crippen molar-refractivity contribution in [2.24, 2.45) is 0 Å². The largest absolute Gasteiger partial charge is 0.309 e. The predicted molar refractivity (Wildman–Crippen MR) is 218 cm³/mol. The Morgan fingerprint density at radius 3 is 2.04 bits per heavy atom. The van der Waals surface area contributed by atoms with Crippen LogP contribution in [0.5, 0.6) is 0 Å². The van der Waals surface area contributed by atoms with Gasteiger partial charge in [-0.15, -0.1) is 11.3 Å². The van der Waals surface area contributed by atoms with Gasteiger partial charge < -0.3 is 4.57 Å². The third-order valence-corrected chi connectivity index (χ3v) is 12.0. The fourth-order valence-electron chi connectivity index (χ4n) is 8.55. The number of nitrogens with zero attached hydrogens (tertiary/aromatic N) is 3. The molecule has 0 aliphatic carbocycles. The summed E-state index contributed by atoms with van der Waals surface area (Å²) in [6.07, 6.45) is 0. The monoisotopic (exact) mass is 665 g/mol. The smallest absolute Gasteiger partial charge is 0.146 e. The van der Waals surface area contributed by atoms with Crippen molar-refractivity contribution in [3.8, 4) is 16.8 Å². The van der Waals surface area contributed by atoms with Crippen molar-refractivity contribution >= 4 is 102 Å². The van der Waals surface area contributed by atoms with Crippen LogP contribution in [0.1, 0.15) is 0 Å². The summed E-state index contributed by atoms with van der Waals surface area (Å²) in [6, 6.07) is 60.1. The number of pyridine rings is 1. The Morgan fingerprint density at radius 1 is 0.412 bits per heavy atom. The molecule has 12 aromatic rings. The number of hydrogen-bond donors (Lipinski definition) is 0. The molecule has 0 bridgehead atoms. The summed E-state index contributed by atoms with van der Waals surface area (Å²) in [5, 5.41) is 11.2. The van der Waals surface area contributed by atoms with E-state index in [2.05, 4.69) is 173 Å². The van der Waals surface area contributed by atoms with Gasteiger partial charge in [-0.05, 0) is 82.6 Å². The van der Waals surface area contributed by atoms with Crippen LogP contribution in [-0.2, 0) is 0 Å². The molecule has 0 aliphatic heterocycles. The number of imidazole rings is 1. The first-order valence-electron chi connectivity index (χ1n) is 17.4.